The Bertz CT molecular complexity index is 831. The fraction of sp³-hybridized carbons (Fsp3) is 0.500. The molecule has 8 nitrogen and oxygen atoms in total. The second-order valence-electron chi connectivity index (χ2n) is 5.87. The van der Waals surface area contributed by atoms with Gasteiger partial charge in [-0.2, -0.15) is 0 Å². The van der Waals surface area contributed by atoms with Crippen molar-refractivity contribution in [1.82, 2.24) is 9.03 Å². The second-order valence-corrected chi connectivity index (χ2v) is 9.56. The maximum atomic E-state index is 12.7. The van der Waals surface area contributed by atoms with E-state index in [1.807, 2.05) is 0 Å². The van der Waals surface area contributed by atoms with Crippen molar-refractivity contribution in [2.24, 2.45) is 5.92 Å². The number of carboxylic acid groups (broad SMARTS) is 1. The molecule has 0 aliphatic heterocycles. The van der Waals surface area contributed by atoms with Crippen LogP contribution in [0.3, 0.4) is 0 Å². The lowest BCUT2D eigenvalue weighted by Gasteiger charge is -2.21. The first-order valence-electron chi connectivity index (χ1n) is 7.36. The molecule has 1 atom stereocenters. The van der Waals surface area contributed by atoms with E-state index in [4.69, 9.17) is 5.11 Å². The summed E-state index contributed by atoms with van der Waals surface area (Å²) in [4.78, 5) is 10.2. The molecular weight excluding hydrogens is 356 g/mol. The van der Waals surface area contributed by atoms with Gasteiger partial charge in [0.25, 0.3) is 0 Å². The summed E-state index contributed by atoms with van der Waals surface area (Å²) in [5.41, 5.74) is 0. The van der Waals surface area contributed by atoms with Gasteiger partial charge in [0.2, 0.25) is 20.0 Å². The van der Waals surface area contributed by atoms with Crippen LogP contribution in [0.5, 0.6) is 0 Å². The molecule has 0 saturated heterocycles. The fourth-order valence-electron chi connectivity index (χ4n) is 2.10. The van der Waals surface area contributed by atoms with Crippen molar-refractivity contribution in [3.05, 3.63) is 24.3 Å². The number of nitrogens with one attached hydrogen (secondary N) is 1. The van der Waals surface area contributed by atoms with Crippen LogP contribution in [-0.4, -0.2) is 51.9 Å². The quantitative estimate of drug-likeness (QED) is 0.680. The van der Waals surface area contributed by atoms with Gasteiger partial charge in [0, 0.05) is 19.6 Å². The third kappa shape index (κ3) is 4.12. The average Bonchev–Trinajstić information content (AvgIpc) is 3.30. The number of sulfonamides is 2. The standard InChI is InChI=1S/C14H20N2O6S2/c1-10(14(17)18)9-16(2)24(21,22)13-6-4-3-5-12(13)23(19,20)15-11-7-8-11/h3-6,10-11,15H,7-9H2,1-2H3,(H,17,18). The van der Waals surface area contributed by atoms with Gasteiger partial charge in [-0.3, -0.25) is 4.79 Å². The summed E-state index contributed by atoms with van der Waals surface area (Å²) in [7, 11) is -6.88. The Hall–Kier alpha value is -1.49. The highest BCUT2D eigenvalue weighted by atomic mass is 32.2. The molecule has 1 aliphatic rings. The van der Waals surface area contributed by atoms with Gasteiger partial charge in [-0.1, -0.05) is 19.1 Å². The van der Waals surface area contributed by atoms with Crippen molar-refractivity contribution in [3.63, 3.8) is 0 Å². The van der Waals surface area contributed by atoms with E-state index in [1.54, 1.807) is 0 Å². The monoisotopic (exact) mass is 376 g/mol. The van der Waals surface area contributed by atoms with Gasteiger partial charge in [-0.15, -0.1) is 0 Å². The summed E-state index contributed by atoms with van der Waals surface area (Å²) in [6.45, 7) is 1.12. The van der Waals surface area contributed by atoms with Gasteiger partial charge in [-0.25, -0.2) is 25.9 Å². The molecule has 0 radical (unpaired) electrons. The van der Waals surface area contributed by atoms with E-state index in [-0.39, 0.29) is 22.4 Å². The Balaban J connectivity index is 2.38. The molecule has 0 heterocycles. The van der Waals surface area contributed by atoms with Crippen LogP contribution in [-0.2, 0) is 24.8 Å². The molecule has 24 heavy (non-hydrogen) atoms. The summed E-state index contributed by atoms with van der Waals surface area (Å²) < 4.78 is 53.5. The van der Waals surface area contributed by atoms with E-state index in [0.717, 1.165) is 17.1 Å². The van der Waals surface area contributed by atoms with Crippen LogP contribution >= 0.6 is 0 Å². The number of rotatable bonds is 8. The highest BCUT2D eigenvalue weighted by molar-refractivity contribution is 7.92. The predicted octanol–water partition coefficient (Wildman–Crippen LogP) is 0.469. The smallest absolute Gasteiger partial charge is 0.307 e. The minimum absolute atomic E-state index is 0.157. The van der Waals surface area contributed by atoms with Gasteiger partial charge in [0.05, 0.1) is 5.92 Å². The SMILES string of the molecule is CC(CN(C)S(=O)(=O)c1ccccc1S(=O)(=O)NC1CC1)C(=O)O. The largest absolute Gasteiger partial charge is 0.481 e. The molecule has 1 aromatic rings. The number of hydrogen-bond acceptors (Lipinski definition) is 5. The number of carbonyl (C=O) groups is 1. The van der Waals surface area contributed by atoms with Crippen LogP contribution in [0.25, 0.3) is 0 Å². The van der Waals surface area contributed by atoms with Crippen molar-refractivity contribution in [1.29, 1.82) is 0 Å². The number of aliphatic carboxylic acids is 1. The second kappa shape index (κ2) is 6.79. The van der Waals surface area contributed by atoms with E-state index in [2.05, 4.69) is 4.72 Å². The van der Waals surface area contributed by atoms with Gasteiger partial charge in [0.15, 0.2) is 0 Å². The van der Waals surface area contributed by atoms with Gasteiger partial charge in [0.1, 0.15) is 9.79 Å². The minimum Gasteiger partial charge on any atom is -0.481 e. The molecule has 0 amide bonds. The Morgan fingerprint density at radius 3 is 2.29 bits per heavy atom. The first-order chi connectivity index (χ1) is 11.1. The summed E-state index contributed by atoms with van der Waals surface area (Å²) in [5.74, 6) is -2.05. The maximum Gasteiger partial charge on any atom is 0.307 e. The third-order valence-electron chi connectivity index (χ3n) is 3.68. The third-order valence-corrected chi connectivity index (χ3v) is 7.27. The highest BCUT2D eigenvalue weighted by Crippen LogP contribution is 2.27. The number of hydrogen-bond donors (Lipinski definition) is 2. The van der Waals surface area contributed by atoms with E-state index in [9.17, 15) is 21.6 Å². The normalized spacial score (nSPS) is 17.0. The van der Waals surface area contributed by atoms with Crippen molar-refractivity contribution in [2.75, 3.05) is 13.6 Å². The van der Waals surface area contributed by atoms with Crippen molar-refractivity contribution >= 4 is 26.0 Å². The molecule has 1 saturated carbocycles. The first kappa shape index (κ1) is 18.8. The van der Waals surface area contributed by atoms with E-state index >= 15 is 0 Å². The van der Waals surface area contributed by atoms with Crippen molar-refractivity contribution in [2.45, 2.75) is 35.6 Å². The zero-order valence-corrected chi connectivity index (χ0v) is 15.0. The highest BCUT2D eigenvalue weighted by Gasteiger charge is 2.34. The molecular formula is C14H20N2O6S2. The van der Waals surface area contributed by atoms with Crippen LogP contribution in [0.1, 0.15) is 19.8 Å². The van der Waals surface area contributed by atoms with E-state index in [0.29, 0.717) is 0 Å². The van der Waals surface area contributed by atoms with Crippen LogP contribution < -0.4 is 4.72 Å². The molecule has 10 heteroatoms. The predicted molar refractivity (Wildman–Crippen MR) is 86.4 cm³/mol. The Morgan fingerprint density at radius 2 is 1.79 bits per heavy atom. The molecule has 134 valence electrons. The molecule has 2 rings (SSSR count). The average molecular weight is 376 g/mol. The maximum absolute atomic E-state index is 12.7. The fourth-order valence-corrected chi connectivity index (χ4v) is 5.46. The number of benzene rings is 1. The molecule has 0 spiro atoms. The van der Waals surface area contributed by atoms with Crippen LogP contribution in [0.2, 0.25) is 0 Å². The number of nitrogens with zero attached hydrogens (tertiary/aromatic N) is 1. The molecule has 0 bridgehead atoms. The Kier molecular flexibility index (Phi) is 5.33. The first-order valence-corrected chi connectivity index (χ1v) is 10.3. The summed E-state index contributed by atoms with van der Waals surface area (Å²) in [6, 6.07) is 5.15. The molecule has 1 aliphatic carbocycles. The summed E-state index contributed by atoms with van der Waals surface area (Å²) in [6.07, 6.45) is 1.45. The van der Waals surface area contributed by atoms with Gasteiger partial charge >= 0.3 is 5.97 Å². The molecule has 0 aromatic heterocycles. The van der Waals surface area contributed by atoms with E-state index < -0.39 is 31.9 Å². The lowest BCUT2D eigenvalue weighted by Crippen LogP contribution is -2.35. The molecule has 2 N–H and O–H groups in total. The van der Waals surface area contributed by atoms with Gasteiger partial charge in [-0.05, 0) is 25.0 Å². The van der Waals surface area contributed by atoms with Crippen LogP contribution in [0.15, 0.2) is 34.1 Å². The van der Waals surface area contributed by atoms with Gasteiger partial charge < -0.3 is 5.11 Å². The zero-order chi connectivity index (χ0) is 18.1. The zero-order valence-electron chi connectivity index (χ0n) is 13.3. The molecule has 1 aromatic carbocycles. The summed E-state index contributed by atoms with van der Waals surface area (Å²) in [5, 5.41) is 8.93. The minimum atomic E-state index is -4.15. The molecule has 1 unspecified atom stereocenters. The van der Waals surface area contributed by atoms with E-state index in [1.165, 1.54) is 38.2 Å². The van der Waals surface area contributed by atoms with Crippen LogP contribution in [0.4, 0.5) is 0 Å². The molecule has 1 fully saturated rings. The lowest BCUT2D eigenvalue weighted by atomic mass is 10.2. The number of carboxylic acids is 1. The Morgan fingerprint density at radius 1 is 1.25 bits per heavy atom. The summed E-state index contributed by atoms with van der Waals surface area (Å²) >= 11 is 0. The Labute approximate surface area is 141 Å². The van der Waals surface area contributed by atoms with Crippen molar-refractivity contribution < 1.29 is 26.7 Å². The topological polar surface area (TPSA) is 121 Å². The van der Waals surface area contributed by atoms with Crippen LogP contribution in [0, 0.1) is 5.92 Å². The lowest BCUT2D eigenvalue weighted by molar-refractivity contribution is -0.141. The van der Waals surface area contributed by atoms with Crippen molar-refractivity contribution in [3.8, 4) is 0 Å².